The largest absolute Gasteiger partial charge is 0.463 e. The van der Waals surface area contributed by atoms with Crippen molar-refractivity contribution in [3.05, 3.63) is 24.8 Å². The summed E-state index contributed by atoms with van der Waals surface area (Å²) in [6, 6.07) is 0. The Hall–Kier alpha value is -1.62. The number of carbonyl (C=O) groups excluding carboxylic acids is 2. The van der Waals surface area contributed by atoms with Crippen LogP contribution in [0.5, 0.6) is 0 Å². The van der Waals surface area contributed by atoms with Gasteiger partial charge in [0.2, 0.25) is 0 Å². The molecule has 0 spiro atoms. The SMILES string of the molecule is C=C(C)C(=O)OCCO.C=CC(=O)OCCCCCC. The highest BCUT2D eigenvalue weighted by molar-refractivity contribution is 5.86. The Labute approximate surface area is 121 Å². The monoisotopic (exact) mass is 286 g/mol. The molecule has 0 bridgehead atoms. The Balaban J connectivity index is 0. The zero-order valence-electron chi connectivity index (χ0n) is 12.5. The highest BCUT2D eigenvalue weighted by atomic mass is 16.5. The van der Waals surface area contributed by atoms with Crippen LogP contribution in [-0.4, -0.2) is 36.9 Å². The summed E-state index contributed by atoms with van der Waals surface area (Å²) < 4.78 is 9.24. The number of aliphatic hydroxyl groups is 1. The van der Waals surface area contributed by atoms with Crippen molar-refractivity contribution in [3.63, 3.8) is 0 Å². The molecule has 0 amide bonds. The van der Waals surface area contributed by atoms with Gasteiger partial charge in [-0.05, 0) is 13.3 Å². The third kappa shape index (κ3) is 16.4. The maximum absolute atomic E-state index is 10.5. The molecule has 0 aliphatic carbocycles. The van der Waals surface area contributed by atoms with Crippen molar-refractivity contribution in [2.24, 2.45) is 0 Å². The highest BCUT2D eigenvalue weighted by Crippen LogP contribution is 1.98. The fourth-order valence-electron chi connectivity index (χ4n) is 1.02. The Bertz CT molecular complexity index is 297. The van der Waals surface area contributed by atoms with Gasteiger partial charge in [-0.1, -0.05) is 39.3 Å². The van der Waals surface area contributed by atoms with E-state index in [-0.39, 0.29) is 19.2 Å². The molecule has 116 valence electrons. The van der Waals surface area contributed by atoms with Crippen LogP contribution in [-0.2, 0) is 19.1 Å². The lowest BCUT2D eigenvalue weighted by Crippen LogP contribution is -2.08. The average Bonchev–Trinajstić information content (AvgIpc) is 2.44. The van der Waals surface area contributed by atoms with Gasteiger partial charge in [0.25, 0.3) is 0 Å². The topological polar surface area (TPSA) is 72.8 Å². The third-order valence-electron chi connectivity index (χ3n) is 2.08. The molecule has 5 heteroatoms. The van der Waals surface area contributed by atoms with E-state index in [0.717, 1.165) is 12.8 Å². The molecule has 0 aliphatic rings. The van der Waals surface area contributed by atoms with Crippen molar-refractivity contribution in [1.82, 2.24) is 0 Å². The second kappa shape index (κ2) is 15.4. The lowest BCUT2D eigenvalue weighted by atomic mass is 10.2. The molecular formula is C15H26O5. The molecule has 0 aromatic carbocycles. The number of hydrogen-bond acceptors (Lipinski definition) is 5. The van der Waals surface area contributed by atoms with E-state index < -0.39 is 5.97 Å². The van der Waals surface area contributed by atoms with E-state index >= 15 is 0 Å². The van der Waals surface area contributed by atoms with Crippen LogP contribution in [0.1, 0.15) is 39.5 Å². The predicted molar refractivity (Wildman–Crippen MR) is 78.2 cm³/mol. The van der Waals surface area contributed by atoms with Gasteiger partial charge in [-0.2, -0.15) is 0 Å². The lowest BCUT2D eigenvalue weighted by molar-refractivity contribution is -0.140. The van der Waals surface area contributed by atoms with Crippen molar-refractivity contribution in [2.45, 2.75) is 39.5 Å². The van der Waals surface area contributed by atoms with Crippen LogP contribution in [0.25, 0.3) is 0 Å². The van der Waals surface area contributed by atoms with Crippen LogP contribution in [0.3, 0.4) is 0 Å². The zero-order chi connectivity index (χ0) is 15.8. The van der Waals surface area contributed by atoms with Crippen LogP contribution in [0.4, 0.5) is 0 Å². The summed E-state index contributed by atoms with van der Waals surface area (Å²) in [5, 5.41) is 8.19. The summed E-state index contributed by atoms with van der Waals surface area (Å²) in [6.07, 6.45) is 5.72. The van der Waals surface area contributed by atoms with Crippen molar-refractivity contribution in [2.75, 3.05) is 19.8 Å². The van der Waals surface area contributed by atoms with Crippen molar-refractivity contribution >= 4 is 11.9 Å². The standard InChI is InChI=1S/C9H16O2.C6H10O3/c1-3-5-6-7-8-11-9(10)4-2;1-5(2)6(8)9-4-3-7/h4H,2-3,5-8H2,1H3;7H,1,3-4H2,2H3. The van der Waals surface area contributed by atoms with E-state index in [1.165, 1.54) is 18.9 Å². The van der Waals surface area contributed by atoms with Gasteiger partial charge in [-0.15, -0.1) is 0 Å². The molecule has 0 radical (unpaired) electrons. The van der Waals surface area contributed by atoms with Gasteiger partial charge in [-0.3, -0.25) is 0 Å². The second-order valence-electron chi connectivity index (χ2n) is 4.07. The van der Waals surface area contributed by atoms with Gasteiger partial charge in [0, 0.05) is 11.6 Å². The smallest absolute Gasteiger partial charge is 0.333 e. The van der Waals surface area contributed by atoms with Gasteiger partial charge < -0.3 is 14.6 Å². The molecule has 0 atom stereocenters. The van der Waals surface area contributed by atoms with Gasteiger partial charge >= 0.3 is 11.9 Å². The summed E-state index contributed by atoms with van der Waals surface area (Å²) >= 11 is 0. The molecule has 0 fully saturated rings. The Morgan fingerprint density at radius 1 is 1.15 bits per heavy atom. The number of carbonyl (C=O) groups is 2. The molecule has 5 nitrogen and oxygen atoms in total. The minimum absolute atomic E-state index is 0.0473. The fourth-order valence-corrected chi connectivity index (χ4v) is 1.02. The molecule has 0 rings (SSSR count). The van der Waals surface area contributed by atoms with Crippen LogP contribution in [0, 0.1) is 0 Å². The molecule has 0 heterocycles. The highest BCUT2D eigenvalue weighted by Gasteiger charge is 1.99. The number of unbranched alkanes of at least 4 members (excludes halogenated alkanes) is 3. The van der Waals surface area contributed by atoms with Crippen LogP contribution < -0.4 is 0 Å². The maximum Gasteiger partial charge on any atom is 0.333 e. The summed E-state index contributed by atoms with van der Waals surface area (Å²) in [5.74, 6) is -0.773. The summed E-state index contributed by atoms with van der Waals surface area (Å²) in [6.45, 7) is 10.8. The van der Waals surface area contributed by atoms with E-state index in [4.69, 9.17) is 9.84 Å². The first-order valence-electron chi connectivity index (χ1n) is 6.72. The zero-order valence-corrected chi connectivity index (χ0v) is 12.5. The Morgan fingerprint density at radius 2 is 1.80 bits per heavy atom. The minimum atomic E-state index is -0.455. The quantitative estimate of drug-likeness (QED) is 0.400. The molecular weight excluding hydrogens is 260 g/mol. The van der Waals surface area contributed by atoms with E-state index in [0.29, 0.717) is 12.2 Å². The normalized spacial score (nSPS) is 8.95. The number of aliphatic hydroxyl groups excluding tert-OH is 1. The molecule has 0 saturated carbocycles. The van der Waals surface area contributed by atoms with E-state index in [1.807, 2.05) is 0 Å². The minimum Gasteiger partial charge on any atom is -0.463 e. The number of ether oxygens (including phenoxy) is 2. The third-order valence-corrected chi connectivity index (χ3v) is 2.08. The first kappa shape index (κ1) is 20.7. The molecule has 0 saturated heterocycles. The molecule has 0 aromatic heterocycles. The van der Waals surface area contributed by atoms with E-state index in [2.05, 4.69) is 24.8 Å². The number of hydrogen-bond donors (Lipinski definition) is 1. The molecule has 0 aromatic rings. The molecule has 1 N–H and O–H groups in total. The lowest BCUT2D eigenvalue weighted by Gasteiger charge is -1.99. The van der Waals surface area contributed by atoms with Crippen LogP contribution >= 0.6 is 0 Å². The van der Waals surface area contributed by atoms with Crippen LogP contribution in [0.2, 0.25) is 0 Å². The molecule has 0 aliphatic heterocycles. The summed E-state index contributed by atoms with van der Waals surface area (Å²) in [5.41, 5.74) is 0.350. The van der Waals surface area contributed by atoms with E-state index in [1.54, 1.807) is 6.92 Å². The Morgan fingerprint density at radius 3 is 2.25 bits per heavy atom. The first-order chi connectivity index (χ1) is 9.49. The van der Waals surface area contributed by atoms with Crippen LogP contribution in [0.15, 0.2) is 24.8 Å². The second-order valence-corrected chi connectivity index (χ2v) is 4.07. The fraction of sp³-hybridized carbons (Fsp3) is 0.600. The van der Waals surface area contributed by atoms with Gasteiger partial charge in [-0.25, -0.2) is 9.59 Å². The molecule has 20 heavy (non-hydrogen) atoms. The van der Waals surface area contributed by atoms with Gasteiger partial charge in [0.15, 0.2) is 0 Å². The van der Waals surface area contributed by atoms with Crippen molar-refractivity contribution in [3.8, 4) is 0 Å². The van der Waals surface area contributed by atoms with Crippen molar-refractivity contribution in [1.29, 1.82) is 0 Å². The number of esters is 2. The Kier molecular flexibility index (Phi) is 16.0. The van der Waals surface area contributed by atoms with Crippen molar-refractivity contribution < 1.29 is 24.2 Å². The number of rotatable bonds is 9. The van der Waals surface area contributed by atoms with E-state index in [9.17, 15) is 9.59 Å². The first-order valence-corrected chi connectivity index (χ1v) is 6.72. The average molecular weight is 286 g/mol. The summed E-state index contributed by atoms with van der Waals surface area (Å²) in [7, 11) is 0. The predicted octanol–water partition coefficient (Wildman–Crippen LogP) is 2.39. The van der Waals surface area contributed by atoms with Gasteiger partial charge in [0.1, 0.15) is 6.61 Å². The van der Waals surface area contributed by atoms with Gasteiger partial charge in [0.05, 0.1) is 13.2 Å². The maximum atomic E-state index is 10.5. The molecule has 0 unspecified atom stereocenters. The summed E-state index contributed by atoms with van der Waals surface area (Å²) in [4.78, 5) is 21.0.